The second-order valence-corrected chi connectivity index (χ2v) is 9.19. The van der Waals surface area contributed by atoms with Crippen molar-refractivity contribution >= 4 is 17.3 Å². The van der Waals surface area contributed by atoms with Gasteiger partial charge in [0.05, 0.1) is 0 Å². The molecule has 2 heterocycles. The summed E-state index contributed by atoms with van der Waals surface area (Å²) in [5.41, 5.74) is 0.375. The van der Waals surface area contributed by atoms with Crippen molar-refractivity contribution < 1.29 is 9.90 Å². The third-order valence-corrected chi connectivity index (χ3v) is 7.04. The van der Waals surface area contributed by atoms with Crippen molar-refractivity contribution in [3.63, 3.8) is 0 Å². The van der Waals surface area contributed by atoms with Crippen LogP contribution in [0.25, 0.3) is 11.2 Å². The summed E-state index contributed by atoms with van der Waals surface area (Å²) in [5, 5.41) is 14.7. The van der Waals surface area contributed by atoms with Crippen molar-refractivity contribution in [1.29, 1.82) is 0 Å². The first-order chi connectivity index (χ1) is 15.4. The van der Waals surface area contributed by atoms with Gasteiger partial charge in [0.2, 0.25) is 0 Å². The minimum Gasteiger partial charge on any atom is -0.465 e. The molecule has 2 bridgehead atoms. The molecule has 1 amide bonds. The number of fused-ring (bicyclic) bond motifs is 3. The molecule has 0 aromatic carbocycles. The van der Waals surface area contributed by atoms with Gasteiger partial charge in [0.25, 0.3) is 5.56 Å². The first-order valence-corrected chi connectivity index (χ1v) is 11.9. The van der Waals surface area contributed by atoms with Gasteiger partial charge in [0, 0.05) is 38.1 Å². The van der Waals surface area contributed by atoms with Crippen LogP contribution in [0.2, 0.25) is 0 Å². The molecule has 0 spiro atoms. The second-order valence-electron chi connectivity index (χ2n) is 9.19. The normalized spacial score (nSPS) is 24.8. The van der Waals surface area contributed by atoms with Crippen molar-refractivity contribution in [2.24, 2.45) is 11.8 Å². The lowest BCUT2D eigenvalue weighted by Crippen LogP contribution is -2.44. The Morgan fingerprint density at radius 2 is 1.75 bits per heavy atom. The van der Waals surface area contributed by atoms with E-state index in [-0.39, 0.29) is 17.2 Å². The summed E-state index contributed by atoms with van der Waals surface area (Å²) < 4.78 is 2.97. The van der Waals surface area contributed by atoms with Crippen LogP contribution in [0.5, 0.6) is 0 Å². The molecule has 4 rings (SSSR count). The number of hydrogen-bond acceptors (Lipinski definition) is 5. The molecule has 10 nitrogen and oxygen atoms in total. The van der Waals surface area contributed by atoms with Crippen molar-refractivity contribution in [3.05, 3.63) is 26.7 Å². The molecule has 32 heavy (non-hydrogen) atoms. The third kappa shape index (κ3) is 4.20. The molecule has 2 atom stereocenters. The van der Waals surface area contributed by atoms with Gasteiger partial charge in [-0.05, 0) is 50.4 Å². The van der Waals surface area contributed by atoms with E-state index in [1.165, 1.54) is 4.57 Å². The Hall–Kier alpha value is -2.62. The largest absolute Gasteiger partial charge is 0.465 e. The number of H-pyrrole nitrogens is 1. The summed E-state index contributed by atoms with van der Waals surface area (Å²) in [7, 11) is 0. The average Bonchev–Trinajstić information content (AvgIpc) is 3.30. The number of nitrogens with zero attached hydrogens (tertiary/aromatic N) is 3. The van der Waals surface area contributed by atoms with Crippen molar-refractivity contribution in [2.75, 3.05) is 13.1 Å². The maximum atomic E-state index is 13.0. The van der Waals surface area contributed by atoms with Gasteiger partial charge in [-0.1, -0.05) is 13.8 Å². The summed E-state index contributed by atoms with van der Waals surface area (Å²) in [4.78, 5) is 44.7. The number of aryl methyl sites for hydroxylation is 1. The van der Waals surface area contributed by atoms with Gasteiger partial charge < -0.3 is 20.7 Å². The van der Waals surface area contributed by atoms with Gasteiger partial charge in [0.15, 0.2) is 5.65 Å². The van der Waals surface area contributed by atoms with Gasteiger partial charge in [-0.25, -0.2) is 14.6 Å². The molecule has 2 aromatic rings. The van der Waals surface area contributed by atoms with Crippen LogP contribution in [-0.2, 0) is 13.1 Å². The van der Waals surface area contributed by atoms with E-state index in [0.29, 0.717) is 55.2 Å². The van der Waals surface area contributed by atoms with Gasteiger partial charge in [0.1, 0.15) is 11.3 Å². The molecule has 0 radical (unpaired) electrons. The van der Waals surface area contributed by atoms with E-state index < -0.39 is 6.09 Å². The van der Waals surface area contributed by atoms with E-state index in [4.69, 9.17) is 10.1 Å². The van der Waals surface area contributed by atoms with Gasteiger partial charge in [-0.2, -0.15) is 0 Å². The number of aromatic amines is 1. The minimum atomic E-state index is -0.997. The number of aromatic nitrogens is 4. The molecule has 2 aliphatic carbocycles. The Labute approximate surface area is 186 Å². The summed E-state index contributed by atoms with van der Waals surface area (Å²) >= 11 is 0. The zero-order valence-electron chi connectivity index (χ0n) is 18.9. The molecule has 2 unspecified atom stereocenters. The smallest absolute Gasteiger partial charge is 0.404 e. The standard InChI is InChI=1S/C22H34N6O4/c1-3-9-27-19-17(20(29)28(10-4-2)22(27)32)25-18(26-19)15-11-13-5-6-14(12-15)16(13)23-7-8-24-21(30)31/h13-16,23-24H,3-12H2,1-2H3,(H,25,26)(H,30,31). The molecule has 2 aromatic heterocycles. The van der Waals surface area contributed by atoms with Gasteiger partial charge in [-0.15, -0.1) is 0 Å². The van der Waals surface area contributed by atoms with E-state index in [1.54, 1.807) is 4.57 Å². The molecule has 10 heteroatoms. The molecule has 2 saturated carbocycles. The zero-order chi connectivity index (χ0) is 22.8. The van der Waals surface area contributed by atoms with Crippen LogP contribution in [0.1, 0.15) is 64.1 Å². The lowest BCUT2D eigenvalue weighted by molar-refractivity contribution is 0.193. The topological polar surface area (TPSA) is 134 Å². The second kappa shape index (κ2) is 9.48. The van der Waals surface area contributed by atoms with Crippen molar-refractivity contribution in [2.45, 2.75) is 77.4 Å². The van der Waals surface area contributed by atoms with Crippen LogP contribution >= 0.6 is 0 Å². The van der Waals surface area contributed by atoms with E-state index >= 15 is 0 Å². The number of imidazole rings is 1. The summed E-state index contributed by atoms with van der Waals surface area (Å²) in [6.45, 7) is 5.94. The van der Waals surface area contributed by atoms with E-state index in [9.17, 15) is 14.4 Å². The van der Waals surface area contributed by atoms with Crippen LogP contribution in [-0.4, -0.2) is 49.4 Å². The fourth-order valence-electron chi connectivity index (χ4n) is 5.72. The maximum absolute atomic E-state index is 13.0. The number of rotatable bonds is 9. The number of hydrogen-bond donors (Lipinski definition) is 4. The Bertz CT molecular complexity index is 1070. The molecule has 4 N–H and O–H groups in total. The molecule has 176 valence electrons. The Kier molecular flexibility index (Phi) is 6.68. The lowest BCUT2D eigenvalue weighted by Gasteiger charge is -2.35. The van der Waals surface area contributed by atoms with Gasteiger partial charge >= 0.3 is 11.8 Å². The van der Waals surface area contributed by atoms with E-state index in [2.05, 4.69) is 15.6 Å². The number of carboxylic acid groups (broad SMARTS) is 1. The van der Waals surface area contributed by atoms with Crippen LogP contribution in [0.15, 0.2) is 9.59 Å². The molecule has 2 fully saturated rings. The Morgan fingerprint density at radius 1 is 1.09 bits per heavy atom. The SMILES string of the molecule is CCCn1c(=O)c2[nH]c(C3CC4CCC(C3)C4NCCNC(=O)O)nc2n(CCC)c1=O. The van der Waals surface area contributed by atoms with Crippen LogP contribution < -0.4 is 21.9 Å². The highest BCUT2D eigenvalue weighted by Gasteiger charge is 2.43. The third-order valence-electron chi connectivity index (χ3n) is 7.04. The summed E-state index contributed by atoms with van der Waals surface area (Å²) in [5.74, 6) is 2.07. The maximum Gasteiger partial charge on any atom is 0.404 e. The quantitative estimate of drug-likeness (QED) is 0.434. The number of nitrogens with one attached hydrogen (secondary N) is 3. The van der Waals surface area contributed by atoms with Crippen LogP contribution in [0.3, 0.4) is 0 Å². The summed E-state index contributed by atoms with van der Waals surface area (Å²) in [6, 6.07) is 0.395. The minimum absolute atomic E-state index is 0.235. The highest BCUT2D eigenvalue weighted by molar-refractivity contribution is 5.70. The molecular weight excluding hydrogens is 412 g/mol. The molecular formula is C22H34N6O4. The highest BCUT2D eigenvalue weighted by Crippen LogP contribution is 2.48. The molecule has 2 aliphatic rings. The molecule has 0 saturated heterocycles. The number of carbonyl (C=O) groups is 1. The predicted molar refractivity (Wildman–Crippen MR) is 121 cm³/mol. The van der Waals surface area contributed by atoms with Gasteiger partial charge in [-0.3, -0.25) is 13.9 Å². The molecule has 0 aliphatic heterocycles. The average molecular weight is 447 g/mol. The van der Waals surface area contributed by atoms with Crippen LogP contribution in [0, 0.1) is 11.8 Å². The first kappa shape index (κ1) is 22.6. The first-order valence-electron chi connectivity index (χ1n) is 11.9. The number of amides is 1. The van der Waals surface area contributed by atoms with Crippen molar-refractivity contribution in [3.8, 4) is 0 Å². The Balaban J connectivity index is 1.57. The predicted octanol–water partition coefficient (Wildman–Crippen LogP) is 1.84. The summed E-state index contributed by atoms with van der Waals surface area (Å²) in [6.07, 6.45) is 4.76. The Morgan fingerprint density at radius 3 is 2.38 bits per heavy atom. The zero-order valence-corrected chi connectivity index (χ0v) is 18.9. The highest BCUT2D eigenvalue weighted by atomic mass is 16.4. The lowest BCUT2D eigenvalue weighted by atomic mass is 9.77. The monoisotopic (exact) mass is 446 g/mol. The van der Waals surface area contributed by atoms with E-state index in [0.717, 1.165) is 44.3 Å². The van der Waals surface area contributed by atoms with E-state index in [1.807, 2.05) is 13.8 Å². The fourth-order valence-corrected chi connectivity index (χ4v) is 5.72. The van der Waals surface area contributed by atoms with Crippen molar-refractivity contribution in [1.82, 2.24) is 29.7 Å². The fraction of sp³-hybridized carbons (Fsp3) is 0.727. The van der Waals surface area contributed by atoms with Crippen LogP contribution in [0.4, 0.5) is 4.79 Å².